The van der Waals surface area contributed by atoms with E-state index in [-0.39, 0.29) is 6.10 Å². The van der Waals surface area contributed by atoms with Crippen LogP contribution in [0.1, 0.15) is 117 Å². The summed E-state index contributed by atoms with van der Waals surface area (Å²) >= 11 is 0. The van der Waals surface area contributed by atoms with Gasteiger partial charge in [0.2, 0.25) is 0 Å². The normalized spacial score (nSPS) is 13.4. The van der Waals surface area contributed by atoms with Crippen molar-refractivity contribution in [1.82, 2.24) is 4.90 Å². The van der Waals surface area contributed by atoms with Crippen LogP contribution < -0.4 is 0 Å². The molecule has 0 fully saturated rings. The number of unbranched alkanes of at least 4 members (excludes halogenated alkanes) is 12. The van der Waals surface area contributed by atoms with Gasteiger partial charge in [-0.2, -0.15) is 0 Å². The Morgan fingerprint density at radius 1 is 0.615 bits per heavy atom. The number of allylic oxidation sites excluding steroid dienone is 7. The third-order valence-corrected chi connectivity index (χ3v) is 6.55. The molecule has 228 valence electrons. The molecule has 0 N–H and O–H groups in total. The molecule has 0 radical (unpaired) electrons. The fourth-order valence-electron chi connectivity index (χ4n) is 4.26. The highest BCUT2D eigenvalue weighted by Gasteiger charge is 2.10. The summed E-state index contributed by atoms with van der Waals surface area (Å²) in [6, 6.07) is 0. The summed E-state index contributed by atoms with van der Waals surface area (Å²) in [6.07, 6.45) is 37.4. The molecule has 4 nitrogen and oxygen atoms in total. The maximum atomic E-state index is 6.18. The van der Waals surface area contributed by atoms with Crippen LogP contribution in [-0.4, -0.2) is 64.7 Å². The average molecular weight is 548 g/mol. The van der Waals surface area contributed by atoms with E-state index in [0.29, 0.717) is 6.61 Å². The second kappa shape index (κ2) is 33.0. The molecule has 0 saturated heterocycles. The second-order valence-corrected chi connectivity index (χ2v) is 10.9. The van der Waals surface area contributed by atoms with Crippen molar-refractivity contribution in [3.8, 4) is 0 Å². The Morgan fingerprint density at radius 2 is 1.21 bits per heavy atom. The number of hydrogen-bond acceptors (Lipinski definition) is 4. The summed E-state index contributed by atoms with van der Waals surface area (Å²) in [5.74, 6) is 0. The van der Waals surface area contributed by atoms with Gasteiger partial charge in [-0.1, -0.05) is 113 Å². The Hall–Kier alpha value is -1.20. The Balaban J connectivity index is 3.57. The van der Waals surface area contributed by atoms with Crippen molar-refractivity contribution in [1.29, 1.82) is 0 Å². The van der Waals surface area contributed by atoms with Crippen LogP contribution in [0.15, 0.2) is 48.6 Å². The number of nitrogens with zero attached hydrogens (tertiary/aromatic N) is 1. The fourth-order valence-corrected chi connectivity index (χ4v) is 4.26. The van der Waals surface area contributed by atoms with E-state index in [1.807, 2.05) is 6.92 Å². The highest BCUT2D eigenvalue weighted by Crippen LogP contribution is 2.09. The van der Waals surface area contributed by atoms with Crippen LogP contribution in [0.5, 0.6) is 0 Å². The van der Waals surface area contributed by atoms with Gasteiger partial charge in [0.15, 0.2) is 0 Å². The molecule has 0 amide bonds. The predicted molar refractivity (Wildman–Crippen MR) is 172 cm³/mol. The first kappa shape index (κ1) is 37.8. The number of likely N-dealkylation sites (N-methyl/N-ethyl adjacent to an activating group) is 1. The Kier molecular flexibility index (Phi) is 32.0. The zero-order valence-electron chi connectivity index (χ0n) is 26.4. The third-order valence-electron chi connectivity index (χ3n) is 6.55. The van der Waals surface area contributed by atoms with Crippen LogP contribution in [-0.2, 0) is 14.2 Å². The molecule has 39 heavy (non-hydrogen) atoms. The molecule has 0 aliphatic carbocycles. The van der Waals surface area contributed by atoms with Crippen LogP contribution in [0, 0.1) is 0 Å². The molecule has 1 unspecified atom stereocenters. The zero-order valence-corrected chi connectivity index (χ0v) is 26.4. The Morgan fingerprint density at radius 3 is 1.85 bits per heavy atom. The number of rotatable bonds is 30. The largest absolute Gasteiger partial charge is 0.379 e. The number of hydrogen-bond donors (Lipinski definition) is 0. The molecule has 0 spiro atoms. The van der Waals surface area contributed by atoms with Gasteiger partial charge in [-0.3, -0.25) is 0 Å². The van der Waals surface area contributed by atoms with E-state index in [0.717, 1.165) is 58.7 Å². The minimum absolute atomic E-state index is 0.177. The molecule has 0 rings (SSSR count). The van der Waals surface area contributed by atoms with E-state index in [4.69, 9.17) is 14.2 Å². The quantitative estimate of drug-likeness (QED) is 0.0509. The van der Waals surface area contributed by atoms with Crippen LogP contribution in [0.4, 0.5) is 0 Å². The molecule has 4 heteroatoms. The lowest BCUT2D eigenvalue weighted by Crippen LogP contribution is -2.32. The predicted octanol–water partition coefficient (Wildman–Crippen LogP) is 9.47. The first-order valence-electron chi connectivity index (χ1n) is 16.2. The summed E-state index contributed by atoms with van der Waals surface area (Å²) in [7, 11) is 4.22. The van der Waals surface area contributed by atoms with Crippen molar-refractivity contribution in [2.75, 3.05) is 53.7 Å². The van der Waals surface area contributed by atoms with Crippen molar-refractivity contribution >= 4 is 0 Å². The SMILES string of the molecule is CC=CCC=CCOCCCCCCCCOCC(CN(C)C)OCCCCCCCCC=CC=CCCC. The van der Waals surface area contributed by atoms with Crippen LogP contribution in [0.25, 0.3) is 0 Å². The van der Waals surface area contributed by atoms with Crippen LogP contribution in [0.3, 0.4) is 0 Å². The smallest absolute Gasteiger partial charge is 0.0934 e. The van der Waals surface area contributed by atoms with Crippen molar-refractivity contribution in [2.24, 2.45) is 0 Å². The van der Waals surface area contributed by atoms with Gasteiger partial charge in [0.1, 0.15) is 0 Å². The van der Waals surface area contributed by atoms with Gasteiger partial charge < -0.3 is 19.1 Å². The molecular formula is C35H65NO3. The van der Waals surface area contributed by atoms with Crippen molar-refractivity contribution in [3.63, 3.8) is 0 Å². The van der Waals surface area contributed by atoms with Crippen LogP contribution in [0.2, 0.25) is 0 Å². The Labute approximate surface area is 243 Å². The first-order chi connectivity index (χ1) is 19.2. The Bertz CT molecular complexity index is 582. The molecule has 0 heterocycles. The van der Waals surface area contributed by atoms with Crippen LogP contribution >= 0.6 is 0 Å². The molecule has 0 aromatic heterocycles. The van der Waals surface area contributed by atoms with Crippen molar-refractivity contribution in [2.45, 2.75) is 123 Å². The standard InChI is InChI=1S/C35H65NO3/c1-5-7-9-11-12-13-14-15-16-17-18-24-28-32-39-35(33-36(3)4)34-38-31-27-23-20-19-22-26-30-37-29-25-21-10-8-6-2/h6,8-9,11-13,21,25,35H,5,7,10,14-20,22-24,26-34H2,1-4H3. The van der Waals surface area contributed by atoms with E-state index < -0.39 is 0 Å². The second-order valence-electron chi connectivity index (χ2n) is 10.9. The van der Waals surface area contributed by atoms with Gasteiger partial charge in [-0.05, 0) is 66.0 Å². The third kappa shape index (κ3) is 32.9. The minimum Gasteiger partial charge on any atom is -0.379 e. The summed E-state index contributed by atoms with van der Waals surface area (Å²) in [4.78, 5) is 2.20. The fraction of sp³-hybridized carbons (Fsp3) is 0.771. The summed E-state index contributed by atoms with van der Waals surface area (Å²) in [5.41, 5.74) is 0. The van der Waals surface area contributed by atoms with Crippen molar-refractivity contribution in [3.05, 3.63) is 48.6 Å². The maximum Gasteiger partial charge on any atom is 0.0934 e. The highest BCUT2D eigenvalue weighted by atomic mass is 16.5. The van der Waals surface area contributed by atoms with Gasteiger partial charge >= 0.3 is 0 Å². The molecule has 1 atom stereocenters. The molecular weight excluding hydrogens is 482 g/mol. The topological polar surface area (TPSA) is 30.9 Å². The molecule has 0 aliphatic rings. The summed E-state index contributed by atoms with van der Waals surface area (Å²) in [6.45, 7) is 9.21. The molecule has 0 bridgehead atoms. The van der Waals surface area contributed by atoms with E-state index in [2.05, 4.69) is 74.5 Å². The monoisotopic (exact) mass is 547 g/mol. The molecule has 0 aliphatic heterocycles. The first-order valence-corrected chi connectivity index (χ1v) is 16.2. The van der Waals surface area contributed by atoms with E-state index in [1.54, 1.807) is 0 Å². The average Bonchev–Trinajstić information content (AvgIpc) is 2.92. The van der Waals surface area contributed by atoms with E-state index in [1.165, 1.54) is 77.0 Å². The lowest BCUT2D eigenvalue weighted by atomic mass is 10.1. The minimum atomic E-state index is 0.177. The van der Waals surface area contributed by atoms with Gasteiger partial charge in [-0.25, -0.2) is 0 Å². The van der Waals surface area contributed by atoms with Gasteiger partial charge in [0, 0.05) is 26.4 Å². The summed E-state index contributed by atoms with van der Waals surface area (Å²) in [5, 5.41) is 0. The van der Waals surface area contributed by atoms with E-state index >= 15 is 0 Å². The highest BCUT2D eigenvalue weighted by molar-refractivity contribution is 5.02. The van der Waals surface area contributed by atoms with Gasteiger partial charge in [0.25, 0.3) is 0 Å². The number of ether oxygens (including phenoxy) is 3. The lowest BCUT2D eigenvalue weighted by Gasteiger charge is -2.21. The molecule has 0 aromatic rings. The maximum absolute atomic E-state index is 6.18. The molecule has 0 aromatic carbocycles. The van der Waals surface area contributed by atoms with Gasteiger partial charge in [0.05, 0.1) is 19.3 Å². The molecule has 0 saturated carbocycles. The van der Waals surface area contributed by atoms with Gasteiger partial charge in [-0.15, -0.1) is 0 Å². The zero-order chi connectivity index (χ0) is 28.5. The van der Waals surface area contributed by atoms with E-state index in [9.17, 15) is 0 Å². The lowest BCUT2D eigenvalue weighted by molar-refractivity contribution is -0.0287. The summed E-state index contributed by atoms with van der Waals surface area (Å²) < 4.78 is 17.8. The van der Waals surface area contributed by atoms with Crippen molar-refractivity contribution < 1.29 is 14.2 Å².